The molecule has 0 radical (unpaired) electrons. The van der Waals surface area contributed by atoms with E-state index in [1.54, 1.807) is 36.5 Å². The van der Waals surface area contributed by atoms with E-state index in [0.29, 0.717) is 5.75 Å². The molecular weight excluding hydrogens is 208 g/mol. The number of nitrogens with zero attached hydrogens (tertiary/aromatic N) is 2. The average molecular weight is 218 g/mol. The number of aliphatic carboxylic acids is 1. The molecule has 1 aromatic carbocycles. The number of hydrogen-bond donors (Lipinski definition) is 1. The molecule has 82 valence electrons. The van der Waals surface area contributed by atoms with E-state index in [2.05, 4.69) is 5.10 Å². The molecule has 5 heteroatoms. The summed E-state index contributed by atoms with van der Waals surface area (Å²) >= 11 is 0. The van der Waals surface area contributed by atoms with Crippen LogP contribution in [0.25, 0.3) is 0 Å². The van der Waals surface area contributed by atoms with Crippen LogP contribution in [0.5, 0.6) is 5.75 Å². The van der Waals surface area contributed by atoms with E-state index in [4.69, 9.17) is 9.84 Å². The lowest BCUT2D eigenvalue weighted by Gasteiger charge is -2.14. The van der Waals surface area contributed by atoms with Gasteiger partial charge in [0.05, 0.1) is 0 Å². The topological polar surface area (TPSA) is 64.3 Å². The number of carboxylic acids is 1. The monoisotopic (exact) mass is 218 g/mol. The summed E-state index contributed by atoms with van der Waals surface area (Å²) in [7, 11) is 0. The van der Waals surface area contributed by atoms with Gasteiger partial charge in [-0.2, -0.15) is 5.10 Å². The molecule has 0 amide bonds. The smallest absolute Gasteiger partial charge is 0.368 e. The normalized spacial score (nSPS) is 12.0. The maximum atomic E-state index is 11.0. The lowest BCUT2D eigenvalue weighted by atomic mass is 10.3. The lowest BCUT2D eigenvalue weighted by Crippen LogP contribution is -2.25. The molecule has 5 nitrogen and oxygen atoms in total. The lowest BCUT2D eigenvalue weighted by molar-refractivity contribution is -0.150. The number of carboxylic acid groups (broad SMARTS) is 1. The fraction of sp³-hybridized carbons (Fsp3) is 0.0909. The molecule has 0 aliphatic rings. The Labute approximate surface area is 91.9 Å². The van der Waals surface area contributed by atoms with Gasteiger partial charge in [0.15, 0.2) is 0 Å². The van der Waals surface area contributed by atoms with E-state index in [-0.39, 0.29) is 0 Å². The molecule has 2 rings (SSSR count). The highest BCUT2D eigenvalue weighted by Crippen LogP contribution is 2.16. The largest absolute Gasteiger partial charge is 0.477 e. The third-order valence-electron chi connectivity index (χ3n) is 1.97. The van der Waals surface area contributed by atoms with Crippen LogP contribution in [0, 0.1) is 0 Å². The minimum absolute atomic E-state index is 0.491. The van der Waals surface area contributed by atoms with Crippen molar-refractivity contribution in [3.63, 3.8) is 0 Å². The molecule has 1 unspecified atom stereocenters. The van der Waals surface area contributed by atoms with Gasteiger partial charge in [0.2, 0.25) is 0 Å². The van der Waals surface area contributed by atoms with Crippen molar-refractivity contribution in [2.45, 2.75) is 6.23 Å². The average Bonchev–Trinajstić information content (AvgIpc) is 2.80. The van der Waals surface area contributed by atoms with Crippen LogP contribution in [-0.2, 0) is 4.79 Å². The first-order chi connectivity index (χ1) is 7.77. The Morgan fingerprint density at radius 3 is 2.62 bits per heavy atom. The molecule has 1 heterocycles. The van der Waals surface area contributed by atoms with Crippen molar-refractivity contribution in [3.8, 4) is 5.75 Å². The number of rotatable bonds is 4. The Balaban J connectivity index is 2.19. The second-order valence-electron chi connectivity index (χ2n) is 3.11. The summed E-state index contributed by atoms with van der Waals surface area (Å²) in [5.74, 6) is -0.599. The van der Waals surface area contributed by atoms with Gasteiger partial charge in [0.1, 0.15) is 5.75 Å². The first-order valence-electron chi connectivity index (χ1n) is 4.71. The van der Waals surface area contributed by atoms with Crippen molar-refractivity contribution in [3.05, 3.63) is 48.8 Å². The molecule has 0 bridgehead atoms. The fourth-order valence-corrected chi connectivity index (χ4v) is 1.26. The summed E-state index contributed by atoms with van der Waals surface area (Å²) < 4.78 is 6.57. The molecular formula is C11H10N2O3. The maximum absolute atomic E-state index is 11.0. The number of ether oxygens (including phenoxy) is 1. The number of benzene rings is 1. The van der Waals surface area contributed by atoms with E-state index >= 15 is 0 Å². The van der Waals surface area contributed by atoms with Crippen LogP contribution in [0.15, 0.2) is 48.8 Å². The summed E-state index contributed by atoms with van der Waals surface area (Å²) in [6, 6.07) is 10.4. The molecule has 0 fully saturated rings. The highest BCUT2D eigenvalue weighted by molar-refractivity contribution is 5.70. The summed E-state index contributed by atoms with van der Waals surface area (Å²) in [6.45, 7) is 0. The van der Waals surface area contributed by atoms with Crippen LogP contribution in [0.1, 0.15) is 6.23 Å². The maximum Gasteiger partial charge on any atom is 0.368 e. The molecule has 1 N–H and O–H groups in total. The van der Waals surface area contributed by atoms with Crippen LogP contribution < -0.4 is 4.74 Å². The van der Waals surface area contributed by atoms with Crippen molar-refractivity contribution in [2.24, 2.45) is 0 Å². The zero-order chi connectivity index (χ0) is 11.4. The molecule has 0 aliphatic carbocycles. The van der Waals surface area contributed by atoms with Crippen molar-refractivity contribution in [2.75, 3.05) is 0 Å². The van der Waals surface area contributed by atoms with Crippen LogP contribution in [-0.4, -0.2) is 20.9 Å². The van der Waals surface area contributed by atoms with Gasteiger partial charge in [-0.3, -0.25) is 0 Å². The van der Waals surface area contributed by atoms with Crippen molar-refractivity contribution in [1.29, 1.82) is 0 Å². The Kier molecular flexibility index (Phi) is 2.86. The first kappa shape index (κ1) is 10.2. The summed E-state index contributed by atoms with van der Waals surface area (Å²) in [6.07, 6.45) is 1.91. The van der Waals surface area contributed by atoms with Gasteiger partial charge in [0, 0.05) is 12.4 Å². The summed E-state index contributed by atoms with van der Waals surface area (Å²) in [5.41, 5.74) is 0. The van der Waals surface area contributed by atoms with E-state index in [9.17, 15) is 4.79 Å². The van der Waals surface area contributed by atoms with Crippen molar-refractivity contribution >= 4 is 5.97 Å². The SMILES string of the molecule is O=C(O)C(Oc1ccccc1)n1cccn1. The Morgan fingerprint density at radius 1 is 1.31 bits per heavy atom. The number of aromatic nitrogens is 2. The van der Waals surface area contributed by atoms with Gasteiger partial charge >= 0.3 is 5.97 Å². The summed E-state index contributed by atoms with van der Waals surface area (Å²) in [5, 5.41) is 12.9. The second-order valence-corrected chi connectivity index (χ2v) is 3.11. The van der Waals surface area contributed by atoms with Crippen molar-refractivity contribution in [1.82, 2.24) is 9.78 Å². The van der Waals surface area contributed by atoms with Crippen LogP contribution in [0.4, 0.5) is 0 Å². The third kappa shape index (κ3) is 2.20. The second kappa shape index (κ2) is 4.48. The van der Waals surface area contributed by atoms with E-state index in [0.717, 1.165) is 0 Å². The molecule has 0 spiro atoms. The van der Waals surface area contributed by atoms with E-state index in [1.807, 2.05) is 6.07 Å². The molecule has 0 aliphatic heterocycles. The first-order valence-corrected chi connectivity index (χ1v) is 4.71. The van der Waals surface area contributed by atoms with Crippen LogP contribution >= 0.6 is 0 Å². The molecule has 0 saturated carbocycles. The Hall–Kier alpha value is -2.30. The zero-order valence-electron chi connectivity index (χ0n) is 8.35. The highest BCUT2D eigenvalue weighted by Gasteiger charge is 2.21. The number of hydrogen-bond acceptors (Lipinski definition) is 3. The standard InChI is InChI=1S/C11H10N2O3/c14-11(15)10(13-8-4-7-12-13)16-9-5-2-1-3-6-9/h1-8,10H,(H,14,15). The minimum Gasteiger partial charge on any atom is -0.477 e. The number of para-hydroxylation sites is 1. The summed E-state index contributed by atoms with van der Waals surface area (Å²) in [4.78, 5) is 11.0. The quantitative estimate of drug-likeness (QED) is 0.845. The molecule has 1 atom stereocenters. The zero-order valence-corrected chi connectivity index (χ0v) is 8.35. The molecule has 1 aromatic heterocycles. The van der Waals surface area contributed by atoms with Gasteiger partial charge in [-0.25, -0.2) is 9.48 Å². The predicted molar refractivity (Wildman–Crippen MR) is 56.0 cm³/mol. The van der Waals surface area contributed by atoms with Gasteiger partial charge in [-0.1, -0.05) is 18.2 Å². The minimum atomic E-state index is -1.14. The molecule has 16 heavy (non-hydrogen) atoms. The van der Waals surface area contributed by atoms with Crippen LogP contribution in [0.3, 0.4) is 0 Å². The Bertz CT molecular complexity index is 453. The van der Waals surface area contributed by atoms with Crippen LogP contribution in [0.2, 0.25) is 0 Å². The van der Waals surface area contributed by atoms with E-state index < -0.39 is 12.2 Å². The molecule has 2 aromatic rings. The number of carbonyl (C=O) groups is 1. The third-order valence-corrected chi connectivity index (χ3v) is 1.97. The molecule has 0 saturated heterocycles. The van der Waals surface area contributed by atoms with Gasteiger partial charge in [0.25, 0.3) is 6.23 Å². The van der Waals surface area contributed by atoms with E-state index in [1.165, 1.54) is 10.9 Å². The Morgan fingerprint density at radius 2 is 2.06 bits per heavy atom. The van der Waals surface area contributed by atoms with Crippen molar-refractivity contribution < 1.29 is 14.6 Å². The predicted octanol–water partition coefficient (Wildman–Crippen LogP) is 1.55. The fourth-order valence-electron chi connectivity index (χ4n) is 1.26. The van der Waals surface area contributed by atoms with Gasteiger partial charge in [-0.15, -0.1) is 0 Å². The van der Waals surface area contributed by atoms with Gasteiger partial charge in [-0.05, 0) is 18.2 Å². The van der Waals surface area contributed by atoms with Gasteiger partial charge < -0.3 is 9.84 Å². The highest BCUT2D eigenvalue weighted by atomic mass is 16.5.